The highest BCUT2D eigenvalue weighted by atomic mass is 16.2. The summed E-state index contributed by atoms with van der Waals surface area (Å²) in [6, 6.07) is 51.8. The molecular weight excluding hydrogens is 1810 g/mol. The lowest BCUT2D eigenvalue weighted by Gasteiger charge is -2.29. The van der Waals surface area contributed by atoms with E-state index in [-0.39, 0.29) is 47.1 Å². The van der Waals surface area contributed by atoms with Gasteiger partial charge < -0.3 is 47.3 Å². The molecule has 5 aliphatic heterocycles. The first-order chi connectivity index (χ1) is 70.5. The van der Waals surface area contributed by atoms with Crippen molar-refractivity contribution >= 4 is 84.7 Å². The number of nitrogens with one attached hydrogen (secondary N) is 5. The molecule has 10 aromatic heterocycles. The van der Waals surface area contributed by atoms with Crippen LogP contribution in [0.4, 0.5) is 0 Å². The van der Waals surface area contributed by atoms with Crippen molar-refractivity contribution in [1.29, 1.82) is 5.26 Å². The van der Waals surface area contributed by atoms with Crippen molar-refractivity contribution in [3.63, 3.8) is 0 Å². The third-order valence-corrected chi connectivity index (χ3v) is 31.0. The number of imidazole rings is 5. The Bertz CT molecular complexity index is 7190. The first-order valence-electron chi connectivity index (χ1n) is 51.8. The van der Waals surface area contributed by atoms with Crippen molar-refractivity contribution in [3.8, 4) is 61.7 Å². The Balaban J connectivity index is 0.000000110. The van der Waals surface area contributed by atoms with E-state index in [1.54, 1.807) is 24.4 Å². The standard InChI is InChI=1S/C24H22N6O.2C23H29N5O.C23H23N5O.C21H27N5O/c1-16-8-17(14-30(16)24(31)21-5-3-2-4-19(21)10-25)13-29-15-26-22-9-18(6-7-23(22)29)20-11-27-28-12-20;3*1-16-9-17(14-28(16)23(29)18-5-3-2-4-6-18)13-27-15-24-21-10-19(7-8-22(21)27)20-11-25-26-12-20;1-14-7-15(12-26(14)20(27)21(2,3)4)11-25-13-22-18-8-16(5-6-19(18)25)17-9-23-24-10-17/h2-7,9,11-12,15-17H,8,13-14H2,1H3,(H,27,28);2*7-8,10-12,15-18H,2-6,9,13-14H2,1H3,(H,25,26);2-8,10-12,15-17H,9,13-14H2,1H3,(H,25,26);5-6,8-10,13-15H,7,11-12H2,1-4H3,(H,23,24)/t4*16-,17?;14-,15?/m01001/s1. The zero-order valence-corrected chi connectivity index (χ0v) is 84.1. The molecule has 2 aliphatic carbocycles. The van der Waals surface area contributed by atoms with E-state index in [9.17, 15) is 29.2 Å². The highest BCUT2D eigenvalue weighted by Crippen LogP contribution is 2.40. The molecule has 0 radical (unpaired) electrons. The van der Waals surface area contributed by atoms with Crippen LogP contribution < -0.4 is 0 Å². The zero-order valence-electron chi connectivity index (χ0n) is 84.1. The van der Waals surface area contributed by atoms with Crippen molar-refractivity contribution in [2.75, 3.05) is 32.7 Å². The van der Waals surface area contributed by atoms with E-state index in [2.05, 4.69) is 245 Å². The molecule has 31 heteroatoms. The van der Waals surface area contributed by atoms with Crippen LogP contribution in [0, 0.1) is 58.2 Å². The minimum Gasteiger partial charge on any atom is -0.339 e. The van der Waals surface area contributed by atoms with Gasteiger partial charge in [0.15, 0.2) is 0 Å². The Kier molecular flexibility index (Phi) is 28.9. The Morgan fingerprint density at radius 1 is 0.331 bits per heavy atom. The number of hydrogen-bond donors (Lipinski definition) is 5. The molecule has 5 unspecified atom stereocenters. The van der Waals surface area contributed by atoms with Crippen LogP contribution in [0.5, 0.6) is 0 Å². The van der Waals surface area contributed by atoms with Crippen LogP contribution >= 0.6 is 0 Å². The average Bonchev–Trinajstić information content (AvgIpc) is 1.67. The topological polar surface area (TPSA) is 358 Å². The molecule has 145 heavy (non-hydrogen) atoms. The molecule has 5 saturated heterocycles. The van der Waals surface area contributed by atoms with Gasteiger partial charge in [-0.1, -0.05) is 120 Å². The highest BCUT2D eigenvalue weighted by molar-refractivity contribution is 5.97. The van der Waals surface area contributed by atoms with E-state index in [1.165, 1.54) is 38.5 Å². The van der Waals surface area contributed by atoms with Crippen molar-refractivity contribution in [2.24, 2.45) is 46.8 Å². The predicted molar refractivity (Wildman–Crippen MR) is 562 cm³/mol. The molecule has 0 spiro atoms. The third-order valence-electron chi connectivity index (χ3n) is 31.0. The van der Waals surface area contributed by atoms with Gasteiger partial charge in [-0.05, 0) is 235 Å². The summed E-state index contributed by atoms with van der Waals surface area (Å²) in [5.41, 5.74) is 22.7. The lowest BCUT2D eigenvalue weighted by atomic mass is 9.88. The van der Waals surface area contributed by atoms with E-state index >= 15 is 0 Å². The van der Waals surface area contributed by atoms with Crippen molar-refractivity contribution < 1.29 is 24.0 Å². The lowest BCUT2D eigenvalue weighted by Crippen LogP contribution is -2.41. The van der Waals surface area contributed by atoms with Gasteiger partial charge in [0.05, 0.1) is 135 Å². The molecule has 7 aromatic carbocycles. The van der Waals surface area contributed by atoms with Gasteiger partial charge in [-0.3, -0.25) is 49.5 Å². The summed E-state index contributed by atoms with van der Waals surface area (Å²) in [5, 5.41) is 43.7. The number of hydrogen-bond acceptors (Lipinski definition) is 16. The Morgan fingerprint density at radius 3 is 0.903 bits per heavy atom. The summed E-state index contributed by atoms with van der Waals surface area (Å²) in [6.45, 7) is 25.2. The molecule has 746 valence electrons. The number of nitriles is 1. The third kappa shape index (κ3) is 21.7. The van der Waals surface area contributed by atoms with Crippen LogP contribution in [0.2, 0.25) is 0 Å². The molecule has 7 aliphatic rings. The van der Waals surface area contributed by atoms with Gasteiger partial charge in [-0.25, -0.2) is 24.9 Å². The molecule has 10 atom stereocenters. The second-order valence-electron chi connectivity index (χ2n) is 42.5. The summed E-state index contributed by atoms with van der Waals surface area (Å²) < 4.78 is 11.1. The summed E-state index contributed by atoms with van der Waals surface area (Å²) in [4.78, 5) is 98.0. The van der Waals surface area contributed by atoms with Crippen LogP contribution in [0.3, 0.4) is 0 Å². The number of carbonyl (C=O) groups excluding carboxylic acids is 5. The summed E-state index contributed by atoms with van der Waals surface area (Å²) in [6.07, 6.45) is 45.0. The van der Waals surface area contributed by atoms with Gasteiger partial charge in [0.1, 0.15) is 0 Å². The van der Waals surface area contributed by atoms with Crippen LogP contribution in [-0.4, -0.2) is 216 Å². The van der Waals surface area contributed by atoms with Gasteiger partial charge in [-0.2, -0.15) is 30.8 Å². The SMILES string of the molecule is C[C@@H]1CC(Cn2cnc3cc(-c4cn[nH]c4)ccc32)CN1C(=O)C(C)(C)C.C[C@@H]1CC(Cn2cnc3cc(-c4cn[nH]c4)ccc32)CN1C(=O)C1CCCCC1.C[C@H]1CC(Cn2cnc3cc(-c4cn[nH]c4)ccc32)CN1C(=O)C1CCCCC1.C[C@H]1CC(Cn2cnc3cc(-c4cn[nH]c4)ccc32)CN1C(=O)c1ccccc1.C[C@H]1CC(Cn2cnc3cc(-c4cn[nH]c4)ccc32)CN1C(=O)c1ccccc1C#N. The second kappa shape index (κ2) is 43.1. The fraction of sp³-hybridized carbons (Fsp3) is 0.404. The first-order valence-corrected chi connectivity index (χ1v) is 51.8. The van der Waals surface area contributed by atoms with E-state index in [1.807, 2.05) is 154 Å². The van der Waals surface area contributed by atoms with Gasteiger partial charge in [-0.15, -0.1) is 0 Å². The maximum Gasteiger partial charge on any atom is 0.255 e. The molecule has 2 saturated carbocycles. The first kappa shape index (κ1) is 97.2. The van der Waals surface area contributed by atoms with Crippen molar-refractivity contribution in [1.82, 2.24) is 123 Å². The van der Waals surface area contributed by atoms with E-state index in [0.29, 0.717) is 77.2 Å². The molecule has 31 nitrogen and oxygen atoms in total. The number of nitrogens with zero attached hydrogens (tertiary/aromatic N) is 21. The number of aromatic nitrogens is 20. The molecule has 5 N–H and O–H groups in total. The number of fused-ring (bicyclic) bond motifs is 5. The largest absolute Gasteiger partial charge is 0.339 e. The minimum absolute atomic E-state index is 0.0626. The normalized spacial score (nSPS) is 20.8. The molecule has 0 bridgehead atoms. The molecule has 15 heterocycles. The monoisotopic (exact) mass is 1940 g/mol. The quantitative estimate of drug-likeness (QED) is 0.0502. The van der Waals surface area contributed by atoms with Crippen LogP contribution in [0.15, 0.2) is 239 Å². The van der Waals surface area contributed by atoms with Gasteiger partial charge in [0.2, 0.25) is 17.7 Å². The van der Waals surface area contributed by atoms with Gasteiger partial charge >= 0.3 is 0 Å². The number of H-pyrrole nitrogens is 5. The average molecular weight is 1940 g/mol. The number of rotatable bonds is 19. The molecule has 7 fully saturated rings. The maximum absolute atomic E-state index is 13.1. The number of amides is 5. The maximum atomic E-state index is 13.1. The Labute approximate surface area is 844 Å². The lowest BCUT2D eigenvalue weighted by molar-refractivity contribution is -0.140. The Morgan fingerprint density at radius 2 is 0.607 bits per heavy atom. The summed E-state index contributed by atoms with van der Waals surface area (Å²) in [7, 11) is 0. The molecule has 24 rings (SSSR count). The highest BCUT2D eigenvalue weighted by Gasteiger charge is 2.42. The van der Waals surface area contributed by atoms with Crippen molar-refractivity contribution in [3.05, 3.63) is 256 Å². The number of carbonyl (C=O) groups is 5. The predicted octanol–water partition coefficient (Wildman–Crippen LogP) is 20.0. The van der Waals surface area contributed by atoms with Crippen LogP contribution in [0.25, 0.3) is 111 Å². The van der Waals surface area contributed by atoms with Crippen LogP contribution in [-0.2, 0) is 47.1 Å². The van der Waals surface area contributed by atoms with E-state index in [0.717, 1.165) is 233 Å². The molecule has 5 amide bonds. The van der Waals surface area contributed by atoms with Crippen LogP contribution in [0.1, 0.15) is 178 Å². The number of likely N-dealkylation sites (tertiary alicyclic amines) is 5. The molecule has 17 aromatic rings. The van der Waals surface area contributed by atoms with E-state index in [4.69, 9.17) is 0 Å². The van der Waals surface area contributed by atoms with Gasteiger partial charge in [0.25, 0.3) is 11.8 Å². The summed E-state index contributed by atoms with van der Waals surface area (Å²) in [5.74, 6) is 3.83. The smallest absolute Gasteiger partial charge is 0.255 e. The zero-order chi connectivity index (χ0) is 99.9. The fourth-order valence-electron chi connectivity index (χ4n) is 23.5. The number of aromatic amines is 5. The Hall–Kier alpha value is -15.2. The number of benzene rings is 7. The second-order valence-corrected chi connectivity index (χ2v) is 42.5. The minimum atomic E-state index is -0.325. The molecular formula is C114H130N26O5. The fourth-order valence-corrected chi connectivity index (χ4v) is 23.5. The van der Waals surface area contributed by atoms with Crippen molar-refractivity contribution in [2.45, 2.75) is 215 Å². The summed E-state index contributed by atoms with van der Waals surface area (Å²) >= 11 is 0. The van der Waals surface area contributed by atoms with Gasteiger partial charge in [0, 0.05) is 177 Å². The van der Waals surface area contributed by atoms with E-state index < -0.39 is 0 Å².